The summed E-state index contributed by atoms with van der Waals surface area (Å²) in [5.74, 6) is 0.741. The second kappa shape index (κ2) is 3.27. The molecule has 60 valence electrons. The second-order valence-corrected chi connectivity index (χ2v) is 2.94. The molecular weight excluding hydrogens is 172 g/mol. The Kier molecular flexibility index (Phi) is 1.96. The summed E-state index contributed by atoms with van der Waals surface area (Å²) in [5.41, 5.74) is 0. The lowest BCUT2D eigenvalue weighted by Crippen LogP contribution is -1.58. The normalized spacial score (nSPS) is 11.0. The van der Waals surface area contributed by atoms with Crippen molar-refractivity contribution >= 4 is 22.3 Å². The first-order valence-corrected chi connectivity index (χ1v) is 4.28. The Morgan fingerprint density at radius 1 is 1.42 bits per heavy atom. The monoisotopic (exact) mass is 178 g/mol. The van der Waals surface area contributed by atoms with E-state index < -0.39 is 0 Å². The summed E-state index contributed by atoms with van der Waals surface area (Å²) in [7, 11) is 0. The highest BCUT2D eigenvalue weighted by atomic mass is 32.1. The maximum atomic E-state index is 3.96. The van der Waals surface area contributed by atoms with Crippen molar-refractivity contribution in [1.82, 2.24) is 9.97 Å². The maximum Gasteiger partial charge on any atom is 0.229 e. The summed E-state index contributed by atoms with van der Waals surface area (Å²) in [6.45, 7) is 0. The molecule has 1 N–H and O–H groups in total. The highest BCUT2D eigenvalue weighted by molar-refractivity contribution is 7.13. The molecule has 2 aromatic rings. The van der Waals surface area contributed by atoms with Crippen LogP contribution in [0.5, 0.6) is 0 Å². The zero-order valence-corrected chi connectivity index (χ0v) is 6.95. The number of rotatable bonds is 2. The highest BCUT2D eigenvalue weighted by Gasteiger charge is 1.90. The van der Waals surface area contributed by atoms with E-state index in [1.165, 1.54) is 11.3 Å². The number of aromatic amines is 1. The fourth-order valence-electron chi connectivity index (χ4n) is 0.745. The Hall–Kier alpha value is -1.49. The van der Waals surface area contributed by atoms with Gasteiger partial charge >= 0.3 is 0 Å². The molecule has 5 heteroatoms. The molecule has 0 saturated heterocycles. The van der Waals surface area contributed by atoms with E-state index in [0.29, 0.717) is 5.13 Å². The first-order chi connectivity index (χ1) is 5.95. The van der Waals surface area contributed by atoms with E-state index in [0.717, 1.165) is 5.82 Å². The molecule has 2 rings (SSSR count). The molecule has 0 aliphatic rings. The molecular formula is C7H6N4S. The van der Waals surface area contributed by atoms with Gasteiger partial charge in [0.2, 0.25) is 5.13 Å². The van der Waals surface area contributed by atoms with Crippen LogP contribution in [-0.4, -0.2) is 9.97 Å². The molecule has 0 aliphatic heterocycles. The van der Waals surface area contributed by atoms with Crippen LogP contribution in [0.1, 0.15) is 0 Å². The van der Waals surface area contributed by atoms with Crippen molar-refractivity contribution in [3.8, 4) is 0 Å². The molecule has 4 nitrogen and oxygen atoms in total. The summed E-state index contributed by atoms with van der Waals surface area (Å²) < 4.78 is 0. The van der Waals surface area contributed by atoms with Gasteiger partial charge in [-0.3, -0.25) is 0 Å². The van der Waals surface area contributed by atoms with Crippen LogP contribution in [0.15, 0.2) is 40.1 Å². The van der Waals surface area contributed by atoms with Gasteiger partial charge in [0.1, 0.15) is 0 Å². The van der Waals surface area contributed by atoms with Crippen LogP contribution in [0.4, 0.5) is 10.9 Å². The van der Waals surface area contributed by atoms with Crippen LogP contribution in [-0.2, 0) is 0 Å². The predicted molar refractivity (Wildman–Crippen MR) is 47.1 cm³/mol. The second-order valence-electron chi connectivity index (χ2n) is 2.07. The highest BCUT2D eigenvalue weighted by Crippen LogP contribution is 2.17. The lowest BCUT2D eigenvalue weighted by atomic mass is 10.6. The van der Waals surface area contributed by atoms with Gasteiger partial charge in [-0.05, 0) is 12.1 Å². The summed E-state index contributed by atoms with van der Waals surface area (Å²) in [6.07, 6.45) is 3.50. The molecule has 0 aromatic carbocycles. The maximum absolute atomic E-state index is 3.96. The molecule has 0 radical (unpaired) electrons. The Morgan fingerprint density at radius 2 is 2.42 bits per heavy atom. The van der Waals surface area contributed by atoms with Crippen molar-refractivity contribution in [3.63, 3.8) is 0 Å². The third kappa shape index (κ3) is 1.57. The molecule has 2 aromatic heterocycles. The SMILES string of the molecule is c1c[nH]c(N=Nc2nccs2)c1. The van der Waals surface area contributed by atoms with Gasteiger partial charge in [0.25, 0.3) is 0 Å². The fraction of sp³-hybridized carbons (Fsp3) is 0. The number of aromatic nitrogens is 2. The smallest absolute Gasteiger partial charge is 0.229 e. The average Bonchev–Trinajstić information content (AvgIpc) is 2.74. The Morgan fingerprint density at radius 3 is 3.08 bits per heavy atom. The van der Waals surface area contributed by atoms with Crippen LogP contribution in [0, 0.1) is 0 Å². The van der Waals surface area contributed by atoms with Crippen LogP contribution in [0.3, 0.4) is 0 Å². The molecule has 0 aliphatic carbocycles. The third-order valence-corrected chi connectivity index (χ3v) is 1.90. The summed E-state index contributed by atoms with van der Waals surface area (Å²) in [5, 5.41) is 10.4. The van der Waals surface area contributed by atoms with Crippen LogP contribution >= 0.6 is 11.3 Å². The van der Waals surface area contributed by atoms with E-state index in [4.69, 9.17) is 0 Å². The number of thiazole rings is 1. The first-order valence-electron chi connectivity index (χ1n) is 3.40. The van der Waals surface area contributed by atoms with E-state index in [2.05, 4.69) is 20.2 Å². The number of azo groups is 1. The Balaban J connectivity index is 2.14. The molecule has 12 heavy (non-hydrogen) atoms. The molecule has 0 spiro atoms. The Bertz CT molecular complexity index is 312. The molecule has 2 heterocycles. The molecule has 0 fully saturated rings. The lowest BCUT2D eigenvalue weighted by molar-refractivity contribution is 1.16. The minimum atomic E-state index is 0.671. The van der Waals surface area contributed by atoms with Crippen molar-refractivity contribution in [2.45, 2.75) is 0 Å². The largest absolute Gasteiger partial charge is 0.345 e. The molecule has 0 amide bonds. The molecule has 0 bridgehead atoms. The van der Waals surface area contributed by atoms with Crippen LogP contribution in [0.2, 0.25) is 0 Å². The van der Waals surface area contributed by atoms with E-state index >= 15 is 0 Å². The first kappa shape index (κ1) is 7.17. The predicted octanol–water partition coefficient (Wildman–Crippen LogP) is 2.89. The van der Waals surface area contributed by atoms with E-state index in [1.54, 1.807) is 12.4 Å². The van der Waals surface area contributed by atoms with Gasteiger partial charge in [-0.2, -0.15) is 0 Å². The van der Waals surface area contributed by atoms with Gasteiger partial charge in [0.05, 0.1) is 0 Å². The van der Waals surface area contributed by atoms with Gasteiger partial charge in [-0.25, -0.2) is 4.98 Å². The van der Waals surface area contributed by atoms with Gasteiger partial charge in [0, 0.05) is 17.8 Å². The van der Waals surface area contributed by atoms with Gasteiger partial charge < -0.3 is 4.98 Å². The zero-order chi connectivity index (χ0) is 8.23. The van der Waals surface area contributed by atoms with Gasteiger partial charge in [-0.15, -0.1) is 21.6 Å². The van der Waals surface area contributed by atoms with Crippen molar-refractivity contribution in [1.29, 1.82) is 0 Å². The van der Waals surface area contributed by atoms with E-state index in [9.17, 15) is 0 Å². The van der Waals surface area contributed by atoms with E-state index in [1.807, 2.05) is 17.5 Å². The van der Waals surface area contributed by atoms with Crippen molar-refractivity contribution in [2.24, 2.45) is 10.2 Å². The standard InChI is InChI=1S/C7H6N4S/c1-2-6(8-3-1)10-11-7-9-4-5-12-7/h1-5,8H. The summed E-state index contributed by atoms with van der Waals surface area (Å²) in [6, 6.07) is 3.72. The molecule has 0 atom stereocenters. The minimum absolute atomic E-state index is 0.671. The number of H-pyrrole nitrogens is 1. The topological polar surface area (TPSA) is 53.4 Å². The summed E-state index contributed by atoms with van der Waals surface area (Å²) >= 11 is 1.46. The van der Waals surface area contributed by atoms with Crippen LogP contribution < -0.4 is 0 Å². The van der Waals surface area contributed by atoms with Gasteiger partial charge in [-0.1, -0.05) is 0 Å². The van der Waals surface area contributed by atoms with Crippen molar-refractivity contribution in [2.75, 3.05) is 0 Å². The number of hydrogen-bond acceptors (Lipinski definition) is 4. The van der Waals surface area contributed by atoms with Gasteiger partial charge in [0.15, 0.2) is 5.82 Å². The van der Waals surface area contributed by atoms with Crippen LogP contribution in [0.25, 0.3) is 0 Å². The average molecular weight is 178 g/mol. The van der Waals surface area contributed by atoms with E-state index in [-0.39, 0.29) is 0 Å². The fourth-order valence-corrected chi connectivity index (χ4v) is 1.20. The Labute approximate surface area is 73.0 Å². The zero-order valence-electron chi connectivity index (χ0n) is 6.14. The lowest BCUT2D eigenvalue weighted by Gasteiger charge is -1.81. The number of nitrogens with zero attached hydrogens (tertiary/aromatic N) is 3. The molecule has 0 unspecified atom stereocenters. The molecule has 0 saturated carbocycles. The third-order valence-electron chi connectivity index (χ3n) is 1.24. The summed E-state index contributed by atoms with van der Waals surface area (Å²) in [4.78, 5) is 6.88. The minimum Gasteiger partial charge on any atom is -0.345 e. The number of nitrogens with one attached hydrogen (secondary N) is 1. The van der Waals surface area contributed by atoms with Crippen molar-refractivity contribution < 1.29 is 0 Å². The van der Waals surface area contributed by atoms with Crippen molar-refractivity contribution in [3.05, 3.63) is 29.9 Å². The quantitative estimate of drug-likeness (QED) is 0.706. The number of hydrogen-bond donors (Lipinski definition) is 1.